The van der Waals surface area contributed by atoms with Gasteiger partial charge in [-0.3, -0.25) is 4.79 Å². The van der Waals surface area contributed by atoms with Crippen molar-refractivity contribution in [2.75, 3.05) is 13.1 Å². The Morgan fingerprint density at radius 3 is 2.45 bits per heavy atom. The molecule has 1 atom stereocenters. The van der Waals surface area contributed by atoms with E-state index in [0.29, 0.717) is 25.3 Å². The maximum absolute atomic E-state index is 11.6. The van der Waals surface area contributed by atoms with Crippen LogP contribution in [0.3, 0.4) is 0 Å². The molecule has 1 aliphatic rings. The molecule has 0 heterocycles. The highest BCUT2D eigenvalue weighted by molar-refractivity contribution is 5.76. The highest BCUT2D eigenvalue weighted by atomic mass is 16.6. The van der Waals surface area contributed by atoms with Crippen molar-refractivity contribution < 1.29 is 14.3 Å². The van der Waals surface area contributed by atoms with Crippen molar-refractivity contribution >= 4 is 12.0 Å². The van der Waals surface area contributed by atoms with Gasteiger partial charge in [-0.15, -0.1) is 0 Å². The van der Waals surface area contributed by atoms with Gasteiger partial charge in [-0.25, -0.2) is 4.79 Å². The van der Waals surface area contributed by atoms with E-state index in [1.807, 2.05) is 20.8 Å². The number of ether oxygens (including phenoxy) is 1. The third-order valence-electron chi connectivity index (χ3n) is 3.30. The molecule has 20 heavy (non-hydrogen) atoms. The fourth-order valence-corrected chi connectivity index (χ4v) is 1.95. The van der Waals surface area contributed by atoms with E-state index in [-0.39, 0.29) is 5.91 Å². The Morgan fingerprint density at radius 1 is 1.25 bits per heavy atom. The Kier molecular flexibility index (Phi) is 6.30. The Balaban J connectivity index is 1.99. The SMILES string of the molecule is CC(CNC(=O)CCCNC(=O)OC(C)(C)C)C1CC1. The molecular weight excluding hydrogens is 256 g/mol. The summed E-state index contributed by atoms with van der Waals surface area (Å²) in [6, 6.07) is 0. The van der Waals surface area contributed by atoms with E-state index in [4.69, 9.17) is 4.74 Å². The summed E-state index contributed by atoms with van der Waals surface area (Å²) in [5.74, 6) is 1.45. The smallest absolute Gasteiger partial charge is 0.407 e. The Morgan fingerprint density at radius 2 is 1.90 bits per heavy atom. The van der Waals surface area contributed by atoms with Crippen LogP contribution in [-0.4, -0.2) is 30.7 Å². The molecule has 0 saturated heterocycles. The van der Waals surface area contributed by atoms with Crippen LogP contribution in [0.15, 0.2) is 0 Å². The van der Waals surface area contributed by atoms with Crippen molar-refractivity contribution in [2.24, 2.45) is 11.8 Å². The van der Waals surface area contributed by atoms with Gasteiger partial charge in [0.25, 0.3) is 0 Å². The van der Waals surface area contributed by atoms with Crippen LogP contribution in [0.4, 0.5) is 4.79 Å². The molecule has 2 N–H and O–H groups in total. The molecule has 2 amide bonds. The first-order chi connectivity index (χ1) is 9.28. The number of nitrogens with one attached hydrogen (secondary N) is 2. The lowest BCUT2D eigenvalue weighted by molar-refractivity contribution is -0.121. The molecule has 0 bridgehead atoms. The van der Waals surface area contributed by atoms with Gasteiger partial charge in [0.1, 0.15) is 5.60 Å². The Hall–Kier alpha value is -1.26. The zero-order chi connectivity index (χ0) is 15.2. The second kappa shape index (κ2) is 7.50. The van der Waals surface area contributed by atoms with E-state index in [9.17, 15) is 9.59 Å². The molecule has 0 aromatic rings. The molecule has 1 aliphatic carbocycles. The number of hydrogen-bond donors (Lipinski definition) is 2. The van der Waals surface area contributed by atoms with E-state index >= 15 is 0 Å². The maximum Gasteiger partial charge on any atom is 0.407 e. The van der Waals surface area contributed by atoms with Gasteiger partial charge in [0.15, 0.2) is 0 Å². The fraction of sp³-hybridized carbons (Fsp3) is 0.867. The first kappa shape index (κ1) is 16.8. The van der Waals surface area contributed by atoms with Gasteiger partial charge in [0.05, 0.1) is 0 Å². The Labute approximate surface area is 121 Å². The van der Waals surface area contributed by atoms with Crippen LogP contribution in [0.1, 0.15) is 53.4 Å². The summed E-state index contributed by atoms with van der Waals surface area (Å²) >= 11 is 0. The molecule has 1 rings (SSSR count). The number of carbonyl (C=O) groups excluding carboxylic acids is 2. The number of amides is 2. The maximum atomic E-state index is 11.6. The quantitative estimate of drug-likeness (QED) is 0.706. The largest absolute Gasteiger partial charge is 0.444 e. The van der Waals surface area contributed by atoms with Crippen LogP contribution in [0.5, 0.6) is 0 Å². The summed E-state index contributed by atoms with van der Waals surface area (Å²) in [4.78, 5) is 23.0. The average Bonchev–Trinajstić information content (AvgIpc) is 3.13. The topological polar surface area (TPSA) is 67.4 Å². The van der Waals surface area contributed by atoms with E-state index in [2.05, 4.69) is 17.6 Å². The third-order valence-corrected chi connectivity index (χ3v) is 3.30. The first-order valence-electron chi connectivity index (χ1n) is 7.51. The minimum absolute atomic E-state index is 0.0588. The molecule has 0 aromatic heterocycles. The van der Waals surface area contributed by atoms with Crippen LogP contribution >= 0.6 is 0 Å². The molecule has 1 fully saturated rings. The van der Waals surface area contributed by atoms with Crippen molar-refractivity contribution in [3.05, 3.63) is 0 Å². The number of hydrogen-bond acceptors (Lipinski definition) is 3. The van der Waals surface area contributed by atoms with Gasteiger partial charge >= 0.3 is 6.09 Å². The molecule has 0 aromatic carbocycles. The zero-order valence-electron chi connectivity index (χ0n) is 13.1. The van der Waals surface area contributed by atoms with Crippen LogP contribution in [0.25, 0.3) is 0 Å². The summed E-state index contributed by atoms with van der Waals surface area (Å²) < 4.78 is 5.11. The van der Waals surface area contributed by atoms with Crippen LogP contribution in [0, 0.1) is 11.8 Å². The average molecular weight is 284 g/mol. The molecule has 1 saturated carbocycles. The van der Waals surface area contributed by atoms with Gasteiger partial charge in [0.2, 0.25) is 5.91 Å². The standard InChI is InChI=1S/C15H28N2O3/c1-11(12-7-8-12)10-17-13(18)6-5-9-16-14(19)20-15(2,3)4/h11-12H,5-10H2,1-4H3,(H,16,19)(H,17,18). The third kappa shape index (κ3) is 8.02. The van der Waals surface area contributed by atoms with E-state index in [0.717, 1.165) is 12.5 Å². The van der Waals surface area contributed by atoms with Crippen molar-refractivity contribution in [3.63, 3.8) is 0 Å². The van der Waals surface area contributed by atoms with Gasteiger partial charge in [-0.1, -0.05) is 6.92 Å². The minimum Gasteiger partial charge on any atom is -0.444 e. The molecule has 5 nitrogen and oxygen atoms in total. The predicted octanol–water partition coefficient (Wildman–Crippen LogP) is 2.45. The van der Waals surface area contributed by atoms with Gasteiger partial charge in [-0.05, 0) is 51.9 Å². The summed E-state index contributed by atoms with van der Waals surface area (Å²) in [5.41, 5.74) is -0.486. The second-order valence-electron chi connectivity index (χ2n) is 6.65. The molecule has 0 spiro atoms. The van der Waals surface area contributed by atoms with Crippen molar-refractivity contribution in [1.29, 1.82) is 0 Å². The van der Waals surface area contributed by atoms with Gasteiger partial charge in [-0.2, -0.15) is 0 Å². The lowest BCUT2D eigenvalue weighted by Crippen LogP contribution is -2.34. The molecular formula is C15H28N2O3. The van der Waals surface area contributed by atoms with E-state index in [1.54, 1.807) is 0 Å². The monoisotopic (exact) mass is 284 g/mol. The zero-order valence-corrected chi connectivity index (χ0v) is 13.1. The minimum atomic E-state index is -0.486. The Bertz CT molecular complexity index is 333. The molecule has 5 heteroatoms. The van der Waals surface area contributed by atoms with Crippen LogP contribution in [0.2, 0.25) is 0 Å². The molecule has 116 valence electrons. The predicted molar refractivity (Wildman–Crippen MR) is 78.4 cm³/mol. The fourth-order valence-electron chi connectivity index (χ4n) is 1.95. The number of alkyl carbamates (subject to hydrolysis) is 1. The summed E-state index contributed by atoms with van der Waals surface area (Å²) in [6.45, 7) is 8.87. The van der Waals surface area contributed by atoms with E-state index < -0.39 is 11.7 Å². The van der Waals surface area contributed by atoms with Crippen LogP contribution < -0.4 is 10.6 Å². The molecule has 0 aliphatic heterocycles. The highest BCUT2D eigenvalue weighted by Gasteiger charge is 2.27. The second-order valence-corrected chi connectivity index (χ2v) is 6.65. The van der Waals surface area contributed by atoms with Gasteiger partial charge < -0.3 is 15.4 Å². The summed E-state index contributed by atoms with van der Waals surface area (Å²) in [5, 5.41) is 5.59. The lowest BCUT2D eigenvalue weighted by Gasteiger charge is -2.19. The van der Waals surface area contributed by atoms with E-state index in [1.165, 1.54) is 12.8 Å². The number of rotatable bonds is 7. The lowest BCUT2D eigenvalue weighted by atomic mass is 10.1. The summed E-state index contributed by atoms with van der Waals surface area (Å²) in [7, 11) is 0. The number of carbonyl (C=O) groups is 2. The first-order valence-corrected chi connectivity index (χ1v) is 7.51. The van der Waals surface area contributed by atoms with Crippen molar-refractivity contribution in [1.82, 2.24) is 10.6 Å². The van der Waals surface area contributed by atoms with Crippen molar-refractivity contribution in [3.8, 4) is 0 Å². The van der Waals surface area contributed by atoms with Crippen molar-refractivity contribution in [2.45, 2.75) is 59.0 Å². The highest BCUT2D eigenvalue weighted by Crippen LogP contribution is 2.36. The van der Waals surface area contributed by atoms with Crippen LogP contribution in [-0.2, 0) is 9.53 Å². The summed E-state index contributed by atoms with van der Waals surface area (Å²) in [6.07, 6.45) is 3.24. The van der Waals surface area contributed by atoms with Gasteiger partial charge in [0, 0.05) is 19.5 Å². The molecule has 0 radical (unpaired) electrons. The normalized spacial score (nSPS) is 16.4. The molecule has 1 unspecified atom stereocenters.